The molecular weight excluding hydrogens is 680 g/mol. The van der Waals surface area contributed by atoms with E-state index >= 15 is 0 Å². The molecule has 1 aromatic heterocycles. The maximum absolute atomic E-state index is 13.6. The van der Waals surface area contributed by atoms with E-state index in [0.717, 1.165) is 17.6 Å². The van der Waals surface area contributed by atoms with E-state index < -0.39 is 23.7 Å². The smallest absolute Gasteiger partial charge is 0.348 e. The Morgan fingerprint density at radius 3 is 2.53 bits per heavy atom. The van der Waals surface area contributed by atoms with Crippen molar-refractivity contribution in [1.29, 1.82) is 0 Å². The van der Waals surface area contributed by atoms with Crippen molar-refractivity contribution in [3.05, 3.63) is 81.3 Å². The van der Waals surface area contributed by atoms with Crippen LogP contribution in [0, 0.1) is 5.92 Å². The highest BCUT2D eigenvalue weighted by Gasteiger charge is 2.43. The maximum Gasteiger partial charge on any atom is 0.348 e. The van der Waals surface area contributed by atoms with Gasteiger partial charge in [-0.05, 0) is 59.6 Å². The Kier molecular flexibility index (Phi) is 10.8. The number of piperidine rings is 1. The first kappa shape index (κ1) is 37.1. The lowest BCUT2D eigenvalue weighted by Crippen LogP contribution is -2.54. The van der Waals surface area contributed by atoms with Gasteiger partial charge < -0.3 is 30.6 Å². The highest BCUT2D eigenvalue weighted by atomic mass is 16.3. The van der Waals surface area contributed by atoms with Crippen molar-refractivity contribution < 1.29 is 29.4 Å². The molecule has 3 aliphatic rings. The van der Waals surface area contributed by atoms with Crippen LogP contribution in [0.1, 0.15) is 64.0 Å². The van der Waals surface area contributed by atoms with Gasteiger partial charge in [-0.25, -0.2) is 19.3 Å². The largest absolute Gasteiger partial charge is 0.508 e. The number of aromatic amines is 1. The van der Waals surface area contributed by atoms with Crippen LogP contribution in [0.2, 0.25) is 0 Å². The molecule has 15 heteroatoms. The standard InChI is InChI=1S/C38H46N8O7/c1-5-15-44(37(52)41-33-22(4)6-11-25-28(33)20-45(36(25)51)29-12-13-32(49)40-35(29)50)16-14-39-19-23-7-9-24(10-8-23)46-34(42-43-38(46)53)27-17-26(21(2)3)30(47)18-31(27)48/h6-11,17-18,21-22,29,33,39,47-48H,5,12-16,19-20H2,1-4H3,(H,41,52)(H,43,53)(H,40,49,50). The number of aromatic hydroxyl groups is 2. The number of nitrogens with zero attached hydrogens (tertiary/aromatic N) is 4. The number of imide groups is 1. The Morgan fingerprint density at radius 2 is 1.83 bits per heavy atom. The van der Waals surface area contributed by atoms with Crippen LogP contribution < -0.4 is 21.6 Å². The summed E-state index contributed by atoms with van der Waals surface area (Å²) in [5.41, 5.74) is 3.20. The number of nitrogens with one attached hydrogen (secondary N) is 4. The van der Waals surface area contributed by atoms with E-state index in [0.29, 0.717) is 48.6 Å². The first-order valence-corrected chi connectivity index (χ1v) is 18.0. The van der Waals surface area contributed by atoms with E-state index in [1.165, 1.54) is 15.5 Å². The average molecular weight is 727 g/mol. The number of phenols is 2. The summed E-state index contributed by atoms with van der Waals surface area (Å²) in [7, 11) is 0. The molecule has 3 atom stereocenters. The van der Waals surface area contributed by atoms with Gasteiger partial charge in [-0.2, -0.15) is 5.10 Å². The fraction of sp³-hybridized carbons (Fsp3) is 0.421. The van der Waals surface area contributed by atoms with Gasteiger partial charge >= 0.3 is 11.7 Å². The Balaban J connectivity index is 1.06. The average Bonchev–Trinajstić information content (AvgIpc) is 3.66. The van der Waals surface area contributed by atoms with Crippen molar-refractivity contribution >= 4 is 23.8 Å². The normalized spacial score (nSPS) is 19.9. The number of carbonyl (C=O) groups excluding carboxylic acids is 4. The van der Waals surface area contributed by atoms with E-state index in [1.54, 1.807) is 29.2 Å². The third kappa shape index (κ3) is 7.61. The second-order valence-electron chi connectivity index (χ2n) is 14.1. The van der Waals surface area contributed by atoms with Crippen molar-refractivity contribution in [2.75, 3.05) is 26.2 Å². The minimum atomic E-state index is -0.728. The molecule has 1 saturated heterocycles. The molecule has 0 spiro atoms. The summed E-state index contributed by atoms with van der Waals surface area (Å²) in [4.78, 5) is 67.3. The fourth-order valence-electron chi connectivity index (χ4n) is 7.17. The predicted octanol–water partition coefficient (Wildman–Crippen LogP) is 2.79. The predicted molar refractivity (Wildman–Crippen MR) is 196 cm³/mol. The molecule has 0 radical (unpaired) electrons. The molecule has 0 saturated carbocycles. The Labute approximate surface area is 306 Å². The highest BCUT2D eigenvalue weighted by molar-refractivity contribution is 6.06. The minimum absolute atomic E-state index is 0.0218. The molecule has 1 aliphatic carbocycles. The molecule has 280 valence electrons. The molecule has 6 rings (SSSR count). The number of hydrogen-bond donors (Lipinski definition) is 6. The van der Waals surface area contributed by atoms with E-state index in [9.17, 15) is 34.2 Å². The summed E-state index contributed by atoms with van der Waals surface area (Å²) in [5, 5.41) is 36.4. The van der Waals surface area contributed by atoms with Crippen LogP contribution in [0.25, 0.3) is 17.1 Å². The number of carbonyl (C=O) groups is 4. The summed E-state index contributed by atoms with van der Waals surface area (Å²) in [6.07, 6.45) is 4.86. The summed E-state index contributed by atoms with van der Waals surface area (Å²) in [6.45, 7) is 10.00. The molecule has 2 aliphatic heterocycles. The molecule has 2 aromatic carbocycles. The molecule has 0 bridgehead atoms. The summed E-state index contributed by atoms with van der Waals surface area (Å²) in [6, 6.07) is 8.82. The van der Waals surface area contributed by atoms with E-state index in [4.69, 9.17) is 0 Å². The second kappa shape index (κ2) is 15.5. The zero-order valence-electron chi connectivity index (χ0n) is 30.3. The number of phenolic OH excluding ortho intramolecular Hbond substituents is 2. The van der Waals surface area contributed by atoms with Crippen molar-refractivity contribution in [1.82, 2.24) is 40.5 Å². The Bertz CT molecular complexity index is 2030. The number of H-pyrrole nitrogens is 1. The number of urea groups is 1. The SMILES string of the molecule is CCCN(CCNCc1ccc(-n2c(-c3cc(C(C)C)c(O)cc3O)n[nH]c2=O)cc1)C(=O)NC1C2=C(C=CC1C)C(=O)N(C1CCC(=O)NC1=O)C2. The monoisotopic (exact) mass is 726 g/mol. The van der Waals surface area contributed by atoms with Crippen LogP contribution >= 0.6 is 0 Å². The first-order valence-electron chi connectivity index (χ1n) is 18.0. The molecule has 3 unspecified atom stereocenters. The van der Waals surface area contributed by atoms with Crippen molar-refractivity contribution in [2.45, 2.75) is 71.5 Å². The lowest BCUT2D eigenvalue weighted by atomic mass is 9.87. The molecule has 3 heterocycles. The van der Waals surface area contributed by atoms with E-state index in [2.05, 4.69) is 26.1 Å². The Morgan fingerprint density at radius 1 is 1.08 bits per heavy atom. The second-order valence-corrected chi connectivity index (χ2v) is 14.1. The minimum Gasteiger partial charge on any atom is -0.508 e. The van der Waals surface area contributed by atoms with Gasteiger partial charge in [0.1, 0.15) is 17.5 Å². The zero-order valence-corrected chi connectivity index (χ0v) is 30.3. The summed E-state index contributed by atoms with van der Waals surface area (Å²) >= 11 is 0. The molecule has 1 fully saturated rings. The molecule has 5 amide bonds. The molecule has 15 nitrogen and oxygen atoms in total. The first-order chi connectivity index (χ1) is 25.4. The fourth-order valence-corrected chi connectivity index (χ4v) is 7.17. The molecular formula is C38H46N8O7. The quantitative estimate of drug-likeness (QED) is 0.120. The van der Waals surface area contributed by atoms with Crippen LogP contribution in [-0.2, 0) is 20.9 Å². The van der Waals surface area contributed by atoms with E-state index in [1.807, 2.05) is 45.9 Å². The van der Waals surface area contributed by atoms with Gasteiger partial charge in [-0.3, -0.25) is 19.7 Å². The maximum atomic E-state index is 13.6. The van der Waals surface area contributed by atoms with Crippen molar-refractivity contribution in [3.63, 3.8) is 0 Å². The van der Waals surface area contributed by atoms with Crippen LogP contribution in [-0.4, -0.2) is 96.8 Å². The lowest BCUT2D eigenvalue weighted by Gasteiger charge is -2.32. The van der Waals surface area contributed by atoms with Gasteiger partial charge in [0.15, 0.2) is 5.82 Å². The Hall–Kier alpha value is -5.70. The summed E-state index contributed by atoms with van der Waals surface area (Å²) < 4.78 is 1.37. The van der Waals surface area contributed by atoms with Crippen LogP contribution in [0.15, 0.2) is 64.5 Å². The van der Waals surface area contributed by atoms with Gasteiger partial charge in [0.05, 0.1) is 17.3 Å². The van der Waals surface area contributed by atoms with Gasteiger partial charge in [-0.1, -0.05) is 52.0 Å². The van der Waals surface area contributed by atoms with Crippen LogP contribution in [0.5, 0.6) is 11.5 Å². The number of aromatic nitrogens is 3. The number of benzene rings is 2. The number of amides is 5. The van der Waals surface area contributed by atoms with E-state index in [-0.39, 0.29) is 66.4 Å². The molecule has 53 heavy (non-hydrogen) atoms. The van der Waals surface area contributed by atoms with Gasteiger partial charge in [0, 0.05) is 50.8 Å². The van der Waals surface area contributed by atoms with Crippen LogP contribution in [0.3, 0.4) is 0 Å². The van der Waals surface area contributed by atoms with Gasteiger partial charge in [0.2, 0.25) is 11.8 Å². The topological polar surface area (TPSA) is 202 Å². The van der Waals surface area contributed by atoms with Gasteiger partial charge in [-0.15, -0.1) is 0 Å². The van der Waals surface area contributed by atoms with Gasteiger partial charge in [0.25, 0.3) is 5.91 Å². The van der Waals surface area contributed by atoms with Crippen molar-refractivity contribution in [2.24, 2.45) is 5.92 Å². The molecule has 3 aromatic rings. The summed E-state index contributed by atoms with van der Waals surface area (Å²) in [5.74, 6) is -1.20. The highest BCUT2D eigenvalue weighted by Crippen LogP contribution is 2.37. The lowest BCUT2D eigenvalue weighted by molar-refractivity contribution is -0.142. The number of rotatable bonds is 12. The zero-order chi connectivity index (χ0) is 38.0. The third-order valence-corrected chi connectivity index (χ3v) is 10.1. The van der Waals surface area contributed by atoms with Crippen molar-refractivity contribution in [3.8, 4) is 28.6 Å². The third-order valence-electron chi connectivity index (χ3n) is 10.1. The number of hydrogen-bond acceptors (Lipinski definition) is 9. The van der Waals surface area contributed by atoms with Crippen LogP contribution in [0.4, 0.5) is 4.79 Å². The molecule has 6 N–H and O–H groups in total.